The molecule has 2 atom stereocenters. The highest BCUT2D eigenvalue weighted by molar-refractivity contribution is 5.81. The molecular formula is C11H19NO4. The maximum Gasteiger partial charge on any atom is 0.303 e. The van der Waals surface area contributed by atoms with Crippen molar-refractivity contribution in [1.29, 1.82) is 0 Å². The van der Waals surface area contributed by atoms with Crippen LogP contribution in [0.2, 0.25) is 0 Å². The average Bonchev–Trinajstić information content (AvgIpc) is 2.27. The van der Waals surface area contributed by atoms with Gasteiger partial charge in [-0.25, -0.2) is 0 Å². The van der Waals surface area contributed by atoms with E-state index in [-0.39, 0.29) is 24.5 Å². The number of hydrogen-bond donors (Lipinski definition) is 2. The van der Waals surface area contributed by atoms with Crippen LogP contribution in [0, 0.1) is 0 Å². The maximum absolute atomic E-state index is 11.7. The van der Waals surface area contributed by atoms with Crippen molar-refractivity contribution in [3.05, 3.63) is 0 Å². The Hall–Kier alpha value is -1.10. The second-order valence-corrected chi connectivity index (χ2v) is 4.20. The van der Waals surface area contributed by atoms with Gasteiger partial charge in [-0.1, -0.05) is 0 Å². The van der Waals surface area contributed by atoms with Crippen molar-refractivity contribution in [2.24, 2.45) is 0 Å². The summed E-state index contributed by atoms with van der Waals surface area (Å²) < 4.78 is 5.34. The Morgan fingerprint density at radius 1 is 1.50 bits per heavy atom. The standard InChI is InChI=1S/C11H19NO4/c1-8(5-6-10(13)14)12-11(15)9-4-2-3-7-16-9/h8-9H,2-7H2,1H3,(H,12,15)(H,13,14). The van der Waals surface area contributed by atoms with Crippen LogP contribution in [-0.2, 0) is 14.3 Å². The van der Waals surface area contributed by atoms with Crippen molar-refractivity contribution in [2.75, 3.05) is 6.61 Å². The summed E-state index contributed by atoms with van der Waals surface area (Å²) >= 11 is 0. The summed E-state index contributed by atoms with van der Waals surface area (Å²) in [6.07, 6.45) is 2.97. The van der Waals surface area contributed by atoms with Gasteiger partial charge in [0, 0.05) is 19.1 Å². The number of ether oxygens (including phenoxy) is 1. The minimum Gasteiger partial charge on any atom is -0.481 e. The minimum atomic E-state index is -0.838. The van der Waals surface area contributed by atoms with Crippen LogP contribution in [0.5, 0.6) is 0 Å². The lowest BCUT2D eigenvalue weighted by Gasteiger charge is -2.23. The van der Waals surface area contributed by atoms with Gasteiger partial charge in [-0.15, -0.1) is 0 Å². The van der Waals surface area contributed by atoms with Crippen molar-refractivity contribution < 1.29 is 19.4 Å². The molecule has 0 bridgehead atoms. The van der Waals surface area contributed by atoms with E-state index < -0.39 is 5.97 Å². The first-order valence-electron chi connectivity index (χ1n) is 5.73. The summed E-state index contributed by atoms with van der Waals surface area (Å²) in [4.78, 5) is 22.0. The molecule has 1 aliphatic rings. The Bertz CT molecular complexity index is 248. The normalized spacial score (nSPS) is 22.4. The van der Waals surface area contributed by atoms with Crippen LogP contribution in [0.15, 0.2) is 0 Å². The van der Waals surface area contributed by atoms with Gasteiger partial charge >= 0.3 is 5.97 Å². The Morgan fingerprint density at radius 2 is 2.25 bits per heavy atom. The second kappa shape index (κ2) is 6.48. The molecule has 5 nitrogen and oxygen atoms in total. The average molecular weight is 229 g/mol. The maximum atomic E-state index is 11.7. The molecule has 1 amide bonds. The molecule has 2 unspecified atom stereocenters. The predicted molar refractivity (Wildman–Crippen MR) is 58.1 cm³/mol. The zero-order valence-electron chi connectivity index (χ0n) is 9.57. The van der Waals surface area contributed by atoms with Gasteiger partial charge in [0.1, 0.15) is 6.10 Å². The van der Waals surface area contributed by atoms with Gasteiger partial charge < -0.3 is 15.2 Å². The van der Waals surface area contributed by atoms with Crippen molar-refractivity contribution in [3.8, 4) is 0 Å². The molecule has 0 radical (unpaired) electrons. The van der Waals surface area contributed by atoms with Gasteiger partial charge in [0.2, 0.25) is 5.91 Å². The monoisotopic (exact) mass is 229 g/mol. The van der Waals surface area contributed by atoms with E-state index in [1.54, 1.807) is 0 Å². The number of aliphatic carboxylic acids is 1. The van der Waals surface area contributed by atoms with Crippen LogP contribution in [0.3, 0.4) is 0 Å². The van der Waals surface area contributed by atoms with Crippen LogP contribution < -0.4 is 5.32 Å². The number of hydrogen-bond acceptors (Lipinski definition) is 3. The smallest absolute Gasteiger partial charge is 0.303 e. The molecule has 1 heterocycles. The van der Waals surface area contributed by atoms with Gasteiger partial charge in [0.25, 0.3) is 0 Å². The minimum absolute atomic E-state index is 0.0764. The van der Waals surface area contributed by atoms with E-state index in [0.717, 1.165) is 19.3 Å². The first kappa shape index (κ1) is 13.0. The first-order valence-corrected chi connectivity index (χ1v) is 5.73. The molecule has 92 valence electrons. The third-order valence-electron chi connectivity index (χ3n) is 2.65. The van der Waals surface area contributed by atoms with Gasteiger partial charge in [-0.2, -0.15) is 0 Å². The van der Waals surface area contributed by atoms with Crippen molar-refractivity contribution >= 4 is 11.9 Å². The highest BCUT2D eigenvalue weighted by Crippen LogP contribution is 2.13. The molecule has 1 rings (SSSR count). The van der Waals surface area contributed by atoms with E-state index in [1.165, 1.54) is 0 Å². The summed E-state index contributed by atoms with van der Waals surface area (Å²) in [5.74, 6) is -0.951. The fourth-order valence-corrected chi connectivity index (χ4v) is 1.70. The van der Waals surface area contributed by atoms with E-state index in [0.29, 0.717) is 13.0 Å². The summed E-state index contributed by atoms with van der Waals surface area (Å²) in [6, 6.07) is -0.117. The van der Waals surface area contributed by atoms with E-state index in [1.807, 2.05) is 6.92 Å². The summed E-state index contributed by atoms with van der Waals surface area (Å²) in [6.45, 7) is 2.45. The molecule has 0 aliphatic carbocycles. The quantitative estimate of drug-likeness (QED) is 0.735. The highest BCUT2D eigenvalue weighted by atomic mass is 16.5. The number of carbonyl (C=O) groups excluding carboxylic acids is 1. The molecule has 0 aromatic carbocycles. The lowest BCUT2D eigenvalue weighted by molar-refractivity contribution is -0.139. The van der Waals surface area contributed by atoms with Crippen molar-refractivity contribution in [3.63, 3.8) is 0 Å². The van der Waals surface area contributed by atoms with Crippen LogP contribution >= 0.6 is 0 Å². The van der Waals surface area contributed by atoms with Crippen LogP contribution in [0.25, 0.3) is 0 Å². The summed E-state index contributed by atoms with van der Waals surface area (Å²) in [5, 5.41) is 11.3. The van der Waals surface area contributed by atoms with E-state index >= 15 is 0 Å². The SMILES string of the molecule is CC(CCC(=O)O)NC(=O)C1CCCCO1. The Kier molecular flexibility index (Phi) is 5.25. The third kappa shape index (κ3) is 4.61. The Balaban J connectivity index is 2.23. The fourth-order valence-electron chi connectivity index (χ4n) is 1.70. The topological polar surface area (TPSA) is 75.6 Å². The van der Waals surface area contributed by atoms with Crippen LogP contribution in [-0.4, -0.2) is 35.7 Å². The number of carboxylic acids is 1. The summed E-state index contributed by atoms with van der Waals surface area (Å²) in [7, 11) is 0. The number of nitrogens with one attached hydrogen (secondary N) is 1. The van der Waals surface area contributed by atoms with E-state index in [9.17, 15) is 9.59 Å². The van der Waals surface area contributed by atoms with Crippen LogP contribution in [0.4, 0.5) is 0 Å². The zero-order valence-corrected chi connectivity index (χ0v) is 9.57. The molecular weight excluding hydrogens is 210 g/mol. The fraction of sp³-hybridized carbons (Fsp3) is 0.818. The van der Waals surface area contributed by atoms with Gasteiger partial charge in [0.05, 0.1) is 0 Å². The molecule has 2 N–H and O–H groups in total. The molecule has 0 spiro atoms. The largest absolute Gasteiger partial charge is 0.481 e. The Labute approximate surface area is 95.2 Å². The van der Waals surface area contributed by atoms with E-state index in [2.05, 4.69) is 5.32 Å². The molecule has 0 aromatic heterocycles. The molecule has 0 aromatic rings. The number of rotatable bonds is 5. The Morgan fingerprint density at radius 3 is 2.81 bits per heavy atom. The third-order valence-corrected chi connectivity index (χ3v) is 2.65. The lowest BCUT2D eigenvalue weighted by Crippen LogP contribution is -2.42. The predicted octanol–water partition coefficient (Wildman–Crippen LogP) is 0.925. The lowest BCUT2D eigenvalue weighted by atomic mass is 10.1. The molecule has 0 saturated carbocycles. The van der Waals surface area contributed by atoms with Gasteiger partial charge in [0.15, 0.2) is 0 Å². The zero-order chi connectivity index (χ0) is 12.0. The second-order valence-electron chi connectivity index (χ2n) is 4.20. The molecule has 1 saturated heterocycles. The molecule has 5 heteroatoms. The number of amides is 1. The first-order chi connectivity index (χ1) is 7.59. The van der Waals surface area contributed by atoms with E-state index in [4.69, 9.17) is 9.84 Å². The molecule has 1 fully saturated rings. The van der Waals surface area contributed by atoms with Gasteiger partial charge in [-0.3, -0.25) is 9.59 Å². The van der Waals surface area contributed by atoms with Gasteiger partial charge in [-0.05, 0) is 32.6 Å². The molecule has 1 aliphatic heterocycles. The van der Waals surface area contributed by atoms with Crippen molar-refractivity contribution in [1.82, 2.24) is 5.32 Å². The number of carboxylic acid groups (broad SMARTS) is 1. The highest BCUT2D eigenvalue weighted by Gasteiger charge is 2.22. The summed E-state index contributed by atoms with van der Waals surface area (Å²) in [5.41, 5.74) is 0. The van der Waals surface area contributed by atoms with Crippen LogP contribution in [0.1, 0.15) is 39.0 Å². The van der Waals surface area contributed by atoms with Crippen molar-refractivity contribution in [2.45, 2.75) is 51.2 Å². The molecule has 16 heavy (non-hydrogen) atoms. The number of carbonyl (C=O) groups is 2.